The van der Waals surface area contributed by atoms with Gasteiger partial charge in [0.05, 0.1) is 13.2 Å². The van der Waals surface area contributed by atoms with Crippen molar-refractivity contribution in [1.82, 2.24) is 5.32 Å². The van der Waals surface area contributed by atoms with Crippen LogP contribution in [0, 0.1) is 5.92 Å². The summed E-state index contributed by atoms with van der Waals surface area (Å²) in [5.41, 5.74) is 6.64. The number of hydrogen-bond acceptors (Lipinski definition) is 3. The smallest absolute Gasteiger partial charge is 0.220 e. The fourth-order valence-corrected chi connectivity index (χ4v) is 2.43. The summed E-state index contributed by atoms with van der Waals surface area (Å²) in [4.78, 5) is 12.0. The lowest BCUT2D eigenvalue weighted by molar-refractivity contribution is -0.122. The van der Waals surface area contributed by atoms with Crippen LogP contribution in [0.3, 0.4) is 0 Å². The Morgan fingerprint density at radius 1 is 1.38 bits per heavy atom. The fraction of sp³-hybridized carbons (Fsp3) is 0.588. The van der Waals surface area contributed by atoms with E-state index in [1.54, 1.807) is 7.11 Å². The molecule has 0 fully saturated rings. The maximum absolute atomic E-state index is 12.0. The van der Waals surface area contributed by atoms with Gasteiger partial charge in [-0.05, 0) is 49.9 Å². The number of ether oxygens (including phenoxy) is 1. The van der Waals surface area contributed by atoms with E-state index in [0.29, 0.717) is 18.9 Å². The molecule has 1 aromatic carbocycles. The molecule has 4 nitrogen and oxygen atoms in total. The summed E-state index contributed by atoms with van der Waals surface area (Å²) in [5, 5.41) is 3.04. The van der Waals surface area contributed by atoms with Crippen molar-refractivity contribution in [1.29, 1.82) is 0 Å². The van der Waals surface area contributed by atoms with Gasteiger partial charge in [-0.1, -0.05) is 25.5 Å². The van der Waals surface area contributed by atoms with E-state index in [-0.39, 0.29) is 11.9 Å². The largest absolute Gasteiger partial charge is 0.497 e. The molecule has 0 bridgehead atoms. The molecule has 118 valence electrons. The van der Waals surface area contributed by atoms with Crippen LogP contribution in [0.5, 0.6) is 5.75 Å². The number of benzene rings is 1. The molecule has 0 aliphatic heterocycles. The number of amides is 1. The van der Waals surface area contributed by atoms with Crippen LogP contribution in [0.1, 0.15) is 51.1 Å². The lowest BCUT2D eigenvalue weighted by Crippen LogP contribution is -2.27. The lowest BCUT2D eigenvalue weighted by Gasteiger charge is -2.17. The second-order valence-electron chi connectivity index (χ2n) is 5.46. The first-order valence-corrected chi connectivity index (χ1v) is 7.74. The van der Waals surface area contributed by atoms with Gasteiger partial charge in [0.1, 0.15) is 5.75 Å². The molecule has 0 aromatic heterocycles. The molecule has 0 aliphatic rings. The minimum absolute atomic E-state index is 0.0119. The van der Waals surface area contributed by atoms with Crippen molar-refractivity contribution < 1.29 is 9.53 Å². The number of nitrogens with two attached hydrogens (primary N) is 1. The van der Waals surface area contributed by atoms with Crippen LogP contribution in [0.25, 0.3) is 0 Å². The first-order valence-electron chi connectivity index (χ1n) is 7.74. The topological polar surface area (TPSA) is 64.4 Å². The highest BCUT2D eigenvalue weighted by Crippen LogP contribution is 2.19. The molecule has 0 aliphatic carbocycles. The zero-order valence-electron chi connectivity index (χ0n) is 13.4. The van der Waals surface area contributed by atoms with Crippen molar-refractivity contribution in [3.63, 3.8) is 0 Å². The molecule has 1 amide bonds. The maximum Gasteiger partial charge on any atom is 0.220 e. The molecule has 0 heterocycles. The number of nitrogens with one attached hydrogen (secondary N) is 1. The maximum atomic E-state index is 12.0. The van der Waals surface area contributed by atoms with Gasteiger partial charge >= 0.3 is 0 Å². The first-order chi connectivity index (χ1) is 10.1. The van der Waals surface area contributed by atoms with Gasteiger partial charge in [0.2, 0.25) is 5.91 Å². The van der Waals surface area contributed by atoms with Crippen molar-refractivity contribution in [2.45, 2.75) is 45.6 Å². The van der Waals surface area contributed by atoms with Gasteiger partial charge in [0.15, 0.2) is 0 Å². The Labute approximate surface area is 128 Å². The third-order valence-corrected chi connectivity index (χ3v) is 3.90. The Kier molecular flexibility index (Phi) is 7.83. The van der Waals surface area contributed by atoms with Crippen molar-refractivity contribution in [3.8, 4) is 5.75 Å². The van der Waals surface area contributed by atoms with E-state index in [1.165, 1.54) is 0 Å². The molecule has 21 heavy (non-hydrogen) atoms. The molecule has 3 N–H and O–H groups in total. The highest BCUT2D eigenvalue weighted by Gasteiger charge is 2.12. The van der Waals surface area contributed by atoms with Crippen LogP contribution in [0.2, 0.25) is 0 Å². The lowest BCUT2D eigenvalue weighted by atomic mass is 9.96. The van der Waals surface area contributed by atoms with Gasteiger partial charge in [-0.2, -0.15) is 0 Å². The van der Waals surface area contributed by atoms with Gasteiger partial charge in [0, 0.05) is 6.42 Å². The van der Waals surface area contributed by atoms with E-state index in [4.69, 9.17) is 10.5 Å². The molecule has 2 unspecified atom stereocenters. The SMILES string of the molecule is CCC(CCN)CCC(=O)NC(C)c1cccc(OC)c1. The third kappa shape index (κ3) is 6.17. The standard InChI is InChI=1S/C17H28N2O2/c1-4-14(10-11-18)8-9-17(20)19-13(2)15-6-5-7-16(12-15)21-3/h5-7,12-14H,4,8-11,18H2,1-3H3,(H,19,20). The quantitative estimate of drug-likeness (QED) is 0.735. The second-order valence-corrected chi connectivity index (χ2v) is 5.46. The number of rotatable bonds is 9. The van der Waals surface area contributed by atoms with Gasteiger partial charge in [-0.15, -0.1) is 0 Å². The van der Waals surface area contributed by atoms with Crippen LogP contribution >= 0.6 is 0 Å². The van der Waals surface area contributed by atoms with E-state index in [2.05, 4.69) is 12.2 Å². The van der Waals surface area contributed by atoms with Gasteiger partial charge < -0.3 is 15.8 Å². The normalized spacial score (nSPS) is 13.5. The minimum atomic E-state index is -0.0119. The highest BCUT2D eigenvalue weighted by molar-refractivity contribution is 5.76. The van der Waals surface area contributed by atoms with Crippen LogP contribution in [0.15, 0.2) is 24.3 Å². The molecule has 0 saturated heterocycles. The van der Waals surface area contributed by atoms with E-state index in [1.807, 2.05) is 31.2 Å². The van der Waals surface area contributed by atoms with Crippen molar-refractivity contribution >= 4 is 5.91 Å². The van der Waals surface area contributed by atoms with Gasteiger partial charge in [0.25, 0.3) is 0 Å². The molecule has 1 aromatic rings. The summed E-state index contributed by atoms with van der Waals surface area (Å²) >= 11 is 0. The van der Waals surface area contributed by atoms with E-state index >= 15 is 0 Å². The Hall–Kier alpha value is -1.55. The summed E-state index contributed by atoms with van der Waals surface area (Å²) in [6, 6.07) is 7.77. The molecule has 0 radical (unpaired) electrons. The predicted molar refractivity (Wildman–Crippen MR) is 86.2 cm³/mol. The molecule has 0 saturated carbocycles. The fourth-order valence-electron chi connectivity index (χ4n) is 2.43. The summed E-state index contributed by atoms with van der Waals surface area (Å²) in [7, 11) is 1.64. The second kappa shape index (κ2) is 9.40. The van der Waals surface area contributed by atoms with Crippen LogP contribution < -0.4 is 15.8 Å². The van der Waals surface area contributed by atoms with Crippen LogP contribution in [0.4, 0.5) is 0 Å². The zero-order chi connectivity index (χ0) is 15.7. The molecular formula is C17H28N2O2. The van der Waals surface area contributed by atoms with Crippen LogP contribution in [-0.4, -0.2) is 19.6 Å². The Bertz CT molecular complexity index is 435. The minimum Gasteiger partial charge on any atom is -0.497 e. The molecule has 1 rings (SSSR count). The van der Waals surface area contributed by atoms with Gasteiger partial charge in [-0.25, -0.2) is 0 Å². The van der Waals surface area contributed by atoms with Crippen LogP contribution in [-0.2, 0) is 4.79 Å². The predicted octanol–water partition coefficient (Wildman–Crippen LogP) is 3.03. The Balaban J connectivity index is 2.46. The van der Waals surface area contributed by atoms with Crippen molar-refractivity contribution in [2.75, 3.05) is 13.7 Å². The molecular weight excluding hydrogens is 264 g/mol. The number of carbonyl (C=O) groups is 1. The first kappa shape index (κ1) is 17.5. The van der Waals surface area contributed by atoms with E-state index < -0.39 is 0 Å². The Morgan fingerprint density at radius 2 is 2.14 bits per heavy atom. The monoisotopic (exact) mass is 292 g/mol. The highest BCUT2D eigenvalue weighted by atomic mass is 16.5. The van der Waals surface area contributed by atoms with Crippen molar-refractivity contribution in [2.24, 2.45) is 11.7 Å². The summed E-state index contributed by atoms with van der Waals surface area (Å²) in [6.07, 6.45) is 3.54. The summed E-state index contributed by atoms with van der Waals surface area (Å²) in [5.74, 6) is 1.45. The number of hydrogen-bond donors (Lipinski definition) is 2. The zero-order valence-corrected chi connectivity index (χ0v) is 13.4. The Morgan fingerprint density at radius 3 is 2.76 bits per heavy atom. The van der Waals surface area contributed by atoms with E-state index in [9.17, 15) is 4.79 Å². The van der Waals surface area contributed by atoms with Gasteiger partial charge in [-0.3, -0.25) is 4.79 Å². The third-order valence-electron chi connectivity index (χ3n) is 3.90. The average Bonchev–Trinajstić information content (AvgIpc) is 2.51. The van der Waals surface area contributed by atoms with Crippen molar-refractivity contribution in [3.05, 3.63) is 29.8 Å². The summed E-state index contributed by atoms with van der Waals surface area (Å²) in [6.45, 7) is 4.83. The average molecular weight is 292 g/mol. The van der Waals surface area contributed by atoms with E-state index in [0.717, 1.165) is 30.6 Å². The molecule has 4 heteroatoms. The number of carbonyl (C=O) groups excluding carboxylic acids is 1. The molecule has 2 atom stereocenters. The summed E-state index contributed by atoms with van der Waals surface area (Å²) < 4.78 is 5.21. The number of methoxy groups -OCH3 is 1. The molecule has 0 spiro atoms.